The largest absolute Gasteiger partial charge is 0.492 e. The van der Waals surface area contributed by atoms with E-state index in [4.69, 9.17) is 27.9 Å². The molecule has 0 saturated carbocycles. The molecule has 3 nitrogen and oxygen atoms in total. The topological polar surface area (TPSA) is 27.1 Å². The predicted molar refractivity (Wildman–Crippen MR) is 77.3 cm³/mol. The number of imidazole rings is 1. The molecule has 0 bridgehead atoms. The van der Waals surface area contributed by atoms with Gasteiger partial charge in [0.15, 0.2) is 0 Å². The molecule has 0 N–H and O–H groups in total. The summed E-state index contributed by atoms with van der Waals surface area (Å²) >= 11 is 12.1. The van der Waals surface area contributed by atoms with Crippen molar-refractivity contribution in [2.24, 2.45) is 0 Å². The van der Waals surface area contributed by atoms with E-state index in [2.05, 4.69) is 4.98 Å². The SMILES string of the molecule is CC=CO[C@H](Cn1ccnc1)c1ccc(Cl)cc1Cl. The zero-order valence-corrected chi connectivity index (χ0v) is 12.0. The van der Waals surface area contributed by atoms with E-state index in [9.17, 15) is 0 Å². The third-order valence-corrected chi connectivity index (χ3v) is 3.19. The molecule has 1 heterocycles. The van der Waals surface area contributed by atoms with Gasteiger partial charge in [0.25, 0.3) is 0 Å². The third-order valence-electron chi connectivity index (χ3n) is 2.62. The average Bonchev–Trinajstić information content (AvgIpc) is 2.88. The maximum absolute atomic E-state index is 6.23. The molecule has 0 fully saturated rings. The van der Waals surface area contributed by atoms with Crippen molar-refractivity contribution < 1.29 is 4.74 Å². The van der Waals surface area contributed by atoms with Crippen LogP contribution in [0.15, 0.2) is 49.3 Å². The quantitative estimate of drug-likeness (QED) is 0.761. The fourth-order valence-corrected chi connectivity index (χ4v) is 2.27. The minimum atomic E-state index is -0.185. The zero-order valence-electron chi connectivity index (χ0n) is 10.5. The molecule has 2 rings (SSSR count). The number of ether oxygens (including phenoxy) is 1. The van der Waals surface area contributed by atoms with Gasteiger partial charge in [-0.25, -0.2) is 4.98 Å². The smallest absolute Gasteiger partial charge is 0.142 e. The lowest BCUT2D eigenvalue weighted by Crippen LogP contribution is -2.10. The first-order valence-corrected chi connectivity index (χ1v) is 6.63. The fraction of sp³-hybridized carbons (Fsp3) is 0.214. The number of hydrogen-bond acceptors (Lipinski definition) is 2. The van der Waals surface area contributed by atoms with Gasteiger partial charge in [-0.3, -0.25) is 0 Å². The first-order valence-electron chi connectivity index (χ1n) is 5.88. The van der Waals surface area contributed by atoms with E-state index >= 15 is 0 Å². The molecule has 0 spiro atoms. The van der Waals surface area contributed by atoms with Crippen LogP contribution in [0.1, 0.15) is 18.6 Å². The van der Waals surface area contributed by atoms with Crippen molar-refractivity contribution in [2.75, 3.05) is 0 Å². The Morgan fingerprint density at radius 2 is 2.26 bits per heavy atom. The van der Waals surface area contributed by atoms with E-state index in [1.165, 1.54) is 0 Å². The lowest BCUT2D eigenvalue weighted by atomic mass is 10.1. The average molecular weight is 297 g/mol. The van der Waals surface area contributed by atoms with Gasteiger partial charge in [-0.15, -0.1) is 0 Å². The molecule has 0 aliphatic heterocycles. The minimum Gasteiger partial charge on any atom is -0.492 e. The van der Waals surface area contributed by atoms with Crippen LogP contribution in [0.3, 0.4) is 0 Å². The highest BCUT2D eigenvalue weighted by Crippen LogP contribution is 2.29. The van der Waals surface area contributed by atoms with Crippen LogP contribution < -0.4 is 0 Å². The standard InChI is InChI=1S/C14H14Cl2N2O/c1-2-7-19-14(9-18-6-5-17-10-18)12-4-3-11(15)8-13(12)16/h2-8,10,14H,9H2,1H3/t14-/m1/s1. The van der Waals surface area contributed by atoms with Gasteiger partial charge < -0.3 is 9.30 Å². The second-order valence-electron chi connectivity index (χ2n) is 4.02. The summed E-state index contributed by atoms with van der Waals surface area (Å²) < 4.78 is 7.66. The van der Waals surface area contributed by atoms with E-state index in [0.717, 1.165) is 5.56 Å². The molecule has 0 saturated heterocycles. The van der Waals surface area contributed by atoms with Crippen molar-refractivity contribution in [2.45, 2.75) is 19.6 Å². The summed E-state index contributed by atoms with van der Waals surface area (Å²) in [5, 5.41) is 1.21. The summed E-state index contributed by atoms with van der Waals surface area (Å²) in [5.41, 5.74) is 0.901. The van der Waals surface area contributed by atoms with E-state index in [1.54, 1.807) is 24.9 Å². The molecule has 1 aromatic carbocycles. The molecule has 0 aliphatic rings. The van der Waals surface area contributed by atoms with Gasteiger partial charge in [0, 0.05) is 28.0 Å². The van der Waals surface area contributed by atoms with Crippen LogP contribution in [0, 0.1) is 0 Å². The van der Waals surface area contributed by atoms with Crippen LogP contribution in [0.4, 0.5) is 0 Å². The summed E-state index contributed by atoms with van der Waals surface area (Å²) in [5.74, 6) is 0. The highest BCUT2D eigenvalue weighted by Gasteiger charge is 2.16. The number of hydrogen-bond donors (Lipinski definition) is 0. The maximum atomic E-state index is 6.23. The van der Waals surface area contributed by atoms with E-state index in [-0.39, 0.29) is 6.10 Å². The van der Waals surface area contributed by atoms with Crippen molar-refractivity contribution in [1.29, 1.82) is 0 Å². The monoisotopic (exact) mass is 296 g/mol. The number of benzene rings is 1. The molecule has 100 valence electrons. The fourth-order valence-electron chi connectivity index (χ4n) is 1.74. The van der Waals surface area contributed by atoms with Crippen molar-refractivity contribution >= 4 is 23.2 Å². The van der Waals surface area contributed by atoms with E-state index in [1.807, 2.05) is 35.9 Å². The molecule has 0 aliphatic carbocycles. The molecule has 2 aromatic rings. The van der Waals surface area contributed by atoms with Crippen molar-refractivity contribution in [3.05, 3.63) is 64.9 Å². The van der Waals surface area contributed by atoms with E-state index in [0.29, 0.717) is 16.6 Å². The second-order valence-corrected chi connectivity index (χ2v) is 4.86. The van der Waals surface area contributed by atoms with Gasteiger partial charge in [0.1, 0.15) is 6.10 Å². The molecular weight excluding hydrogens is 283 g/mol. The molecule has 1 aromatic heterocycles. The lowest BCUT2D eigenvalue weighted by molar-refractivity contribution is 0.127. The Kier molecular flexibility index (Phi) is 4.88. The summed E-state index contributed by atoms with van der Waals surface area (Å²) in [6.07, 6.45) is 8.68. The van der Waals surface area contributed by atoms with Crippen molar-refractivity contribution in [3.63, 3.8) is 0 Å². The van der Waals surface area contributed by atoms with Crippen LogP contribution in [0.25, 0.3) is 0 Å². The number of aromatic nitrogens is 2. The first kappa shape index (κ1) is 14.0. The Bertz CT molecular complexity index is 553. The maximum Gasteiger partial charge on any atom is 0.142 e. The van der Waals surface area contributed by atoms with Gasteiger partial charge >= 0.3 is 0 Å². The predicted octanol–water partition coefficient (Wildman–Crippen LogP) is 4.48. The van der Waals surface area contributed by atoms with Crippen LogP contribution >= 0.6 is 23.2 Å². The summed E-state index contributed by atoms with van der Waals surface area (Å²) in [6.45, 7) is 2.53. The number of nitrogens with zero attached hydrogens (tertiary/aromatic N) is 2. The molecule has 1 atom stereocenters. The second kappa shape index (κ2) is 6.64. The normalized spacial score (nSPS) is 12.8. The Labute approximate surface area is 122 Å². The third kappa shape index (κ3) is 3.75. The van der Waals surface area contributed by atoms with Crippen LogP contribution in [0.5, 0.6) is 0 Å². The molecule has 19 heavy (non-hydrogen) atoms. The Morgan fingerprint density at radius 1 is 1.42 bits per heavy atom. The van der Waals surface area contributed by atoms with Gasteiger partial charge in [0.05, 0.1) is 19.1 Å². The summed E-state index contributed by atoms with van der Waals surface area (Å²) in [6, 6.07) is 5.41. The molecule has 0 amide bonds. The molecule has 0 unspecified atom stereocenters. The van der Waals surface area contributed by atoms with Gasteiger partial charge in [0.2, 0.25) is 0 Å². The first-order chi connectivity index (χ1) is 9.20. The summed E-state index contributed by atoms with van der Waals surface area (Å²) in [4.78, 5) is 4.02. The summed E-state index contributed by atoms with van der Waals surface area (Å²) in [7, 11) is 0. The van der Waals surface area contributed by atoms with Crippen molar-refractivity contribution in [3.8, 4) is 0 Å². The molecule has 0 radical (unpaired) electrons. The molecular formula is C14H14Cl2N2O. The lowest BCUT2D eigenvalue weighted by Gasteiger charge is -2.19. The van der Waals surface area contributed by atoms with Gasteiger partial charge in [-0.05, 0) is 19.1 Å². The van der Waals surface area contributed by atoms with Crippen LogP contribution in [-0.4, -0.2) is 9.55 Å². The van der Waals surface area contributed by atoms with Crippen molar-refractivity contribution in [1.82, 2.24) is 9.55 Å². The Morgan fingerprint density at radius 3 is 2.89 bits per heavy atom. The Hall–Kier alpha value is -1.45. The zero-order chi connectivity index (χ0) is 13.7. The highest BCUT2D eigenvalue weighted by molar-refractivity contribution is 6.35. The Balaban J connectivity index is 2.25. The van der Waals surface area contributed by atoms with Gasteiger partial charge in [-0.1, -0.05) is 35.3 Å². The number of halogens is 2. The highest BCUT2D eigenvalue weighted by atomic mass is 35.5. The van der Waals surface area contributed by atoms with Crippen LogP contribution in [-0.2, 0) is 11.3 Å². The van der Waals surface area contributed by atoms with Gasteiger partial charge in [-0.2, -0.15) is 0 Å². The number of rotatable bonds is 5. The molecule has 5 heteroatoms. The minimum absolute atomic E-state index is 0.185. The van der Waals surface area contributed by atoms with E-state index < -0.39 is 0 Å². The number of allylic oxidation sites excluding steroid dienone is 1. The van der Waals surface area contributed by atoms with Crippen LogP contribution in [0.2, 0.25) is 10.0 Å².